The monoisotopic (exact) mass is 399 g/mol. The molecule has 1 aromatic heterocycles. The highest BCUT2D eigenvalue weighted by Gasteiger charge is 2.31. The lowest BCUT2D eigenvalue weighted by Gasteiger charge is -2.35. The number of hydrogen-bond acceptors (Lipinski definition) is 7. The van der Waals surface area contributed by atoms with Gasteiger partial charge >= 0.3 is 0 Å². The van der Waals surface area contributed by atoms with Gasteiger partial charge in [0.25, 0.3) is 0 Å². The molecule has 0 unspecified atom stereocenters. The molecule has 8 nitrogen and oxygen atoms in total. The van der Waals surface area contributed by atoms with E-state index in [1.165, 1.54) is 6.39 Å². The summed E-state index contributed by atoms with van der Waals surface area (Å²) in [5.74, 6) is 0.645. The van der Waals surface area contributed by atoms with Crippen molar-refractivity contribution in [3.63, 3.8) is 0 Å². The number of carbonyl (C=O) groups excluding carboxylic acids is 1. The number of benzene rings is 1. The fourth-order valence-corrected chi connectivity index (χ4v) is 4.22. The summed E-state index contributed by atoms with van der Waals surface area (Å²) < 4.78 is 10.3. The lowest BCUT2D eigenvalue weighted by atomic mass is 10.00. The summed E-state index contributed by atoms with van der Waals surface area (Å²) in [6.07, 6.45) is 5.08. The highest BCUT2D eigenvalue weighted by atomic mass is 16.5. The van der Waals surface area contributed by atoms with Crippen LogP contribution in [0.4, 0.5) is 0 Å². The van der Waals surface area contributed by atoms with Gasteiger partial charge in [-0.2, -0.15) is 4.98 Å². The van der Waals surface area contributed by atoms with E-state index in [9.17, 15) is 4.79 Å². The Morgan fingerprint density at radius 3 is 2.66 bits per heavy atom. The summed E-state index contributed by atoms with van der Waals surface area (Å²) in [4.78, 5) is 19.3. The largest absolute Gasteiger partial charge is 0.381 e. The zero-order chi connectivity index (χ0) is 20.1. The van der Waals surface area contributed by atoms with Crippen molar-refractivity contribution in [1.29, 1.82) is 0 Å². The lowest BCUT2D eigenvalue weighted by Crippen LogP contribution is -2.47. The van der Waals surface area contributed by atoms with Crippen LogP contribution in [-0.2, 0) is 16.1 Å². The summed E-state index contributed by atoms with van der Waals surface area (Å²) >= 11 is 0. The van der Waals surface area contributed by atoms with Crippen LogP contribution in [0, 0.1) is 5.92 Å². The van der Waals surface area contributed by atoms with Gasteiger partial charge < -0.3 is 20.3 Å². The number of nitrogens with zero attached hydrogens (tertiary/aromatic N) is 3. The second-order valence-corrected chi connectivity index (χ2v) is 8.00. The fourth-order valence-electron chi connectivity index (χ4n) is 4.22. The first-order valence-electron chi connectivity index (χ1n) is 10.4. The molecule has 2 saturated heterocycles. The van der Waals surface area contributed by atoms with Gasteiger partial charge in [-0.3, -0.25) is 9.69 Å². The first-order valence-corrected chi connectivity index (χ1v) is 10.4. The number of hydrogen-bond donors (Lipinski definition) is 2. The van der Waals surface area contributed by atoms with Gasteiger partial charge in [-0.25, -0.2) is 0 Å². The average Bonchev–Trinajstić information content (AvgIpc) is 3.22. The van der Waals surface area contributed by atoms with Crippen LogP contribution >= 0.6 is 0 Å². The minimum absolute atomic E-state index is 0.0231. The highest BCUT2D eigenvalue weighted by molar-refractivity contribution is 5.79. The molecular formula is C21H29N5O3. The molecule has 1 aromatic carbocycles. The third kappa shape index (κ3) is 5.20. The molecule has 2 aliphatic rings. The molecule has 1 amide bonds. The molecule has 2 aromatic rings. The first-order chi connectivity index (χ1) is 14.2. The minimum Gasteiger partial charge on any atom is -0.381 e. The maximum Gasteiger partial charge on any atom is 0.224 e. The van der Waals surface area contributed by atoms with E-state index in [1.54, 1.807) is 0 Å². The first kappa shape index (κ1) is 20.0. The van der Waals surface area contributed by atoms with Crippen LogP contribution in [0.15, 0.2) is 35.2 Å². The third-order valence-electron chi connectivity index (χ3n) is 5.93. The number of rotatable bonds is 5. The van der Waals surface area contributed by atoms with Crippen molar-refractivity contribution < 1.29 is 14.1 Å². The van der Waals surface area contributed by atoms with Crippen LogP contribution < -0.4 is 11.1 Å². The molecule has 3 N–H and O–H groups in total. The number of ether oxygens (including phenoxy) is 1. The van der Waals surface area contributed by atoms with Crippen LogP contribution in [0.5, 0.6) is 0 Å². The maximum absolute atomic E-state index is 12.9. The Kier molecular flexibility index (Phi) is 6.53. The van der Waals surface area contributed by atoms with E-state index in [0.29, 0.717) is 18.4 Å². The van der Waals surface area contributed by atoms with E-state index in [-0.39, 0.29) is 17.9 Å². The number of carbonyl (C=O) groups is 1. The molecule has 0 aliphatic carbocycles. The summed E-state index contributed by atoms with van der Waals surface area (Å²) in [6.45, 7) is 3.75. The zero-order valence-corrected chi connectivity index (χ0v) is 16.6. The molecule has 3 heterocycles. The summed E-state index contributed by atoms with van der Waals surface area (Å²) in [5, 5.41) is 6.94. The number of amides is 1. The average molecular weight is 399 g/mol. The fraction of sp³-hybridized carbons (Fsp3) is 0.571. The topological polar surface area (TPSA) is 107 Å². The van der Waals surface area contributed by atoms with Crippen molar-refractivity contribution in [2.75, 3.05) is 26.3 Å². The van der Waals surface area contributed by atoms with Crippen molar-refractivity contribution in [2.45, 2.75) is 44.3 Å². The molecule has 2 aliphatic heterocycles. The molecule has 0 bridgehead atoms. The normalized spacial score (nSPS) is 24.2. The molecule has 0 spiro atoms. The molecule has 4 rings (SSSR count). The van der Waals surface area contributed by atoms with Gasteiger partial charge in [0.05, 0.1) is 5.92 Å². The smallest absolute Gasteiger partial charge is 0.224 e. The van der Waals surface area contributed by atoms with Crippen LogP contribution in [0.25, 0.3) is 11.4 Å². The van der Waals surface area contributed by atoms with Gasteiger partial charge in [0.15, 0.2) is 0 Å². The van der Waals surface area contributed by atoms with E-state index in [2.05, 4.69) is 20.4 Å². The van der Waals surface area contributed by atoms with Gasteiger partial charge in [-0.1, -0.05) is 29.4 Å². The molecular weight excluding hydrogens is 370 g/mol. The standard InChI is InChI=1S/C21H29N5O3/c22-18-6-5-17(12-26(13-18)19-7-9-28-10-8-19)21(27)23-11-15-1-3-16(4-2-15)20-24-14-29-25-20/h1-4,14,17-19H,5-13,22H2,(H,23,27)/t17-,18+/m1/s1. The third-order valence-corrected chi connectivity index (χ3v) is 5.93. The number of nitrogens with one attached hydrogen (secondary N) is 1. The van der Waals surface area contributed by atoms with E-state index in [1.807, 2.05) is 24.3 Å². The molecule has 8 heteroatoms. The lowest BCUT2D eigenvalue weighted by molar-refractivity contribution is -0.126. The molecule has 0 radical (unpaired) electrons. The zero-order valence-electron chi connectivity index (χ0n) is 16.6. The summed E-state index contributed by atoms with van der Waals surface area (Å²) in [7, 11) is 0. The van der Waals surface area contributed by atoms with E-state index in [4.69, 9.17) is 15.0 Å². The quantitative estimate of drug-likeness (QED) is 0.786. The van der Waals surface area contributed by atoms with Crippen molar-refractivity contribution in [1.82, 2.24) is 20.4 Å². The maximum atomic E-state index is 12.9. The van der Waals surface area contributed by atoms with Gasteiger partial charge in [0.2, 0.25) is 18.1 Å². The molecule has 0 saturated carbocycles. The Morgan fingerprint density at radius 1 is 1.14 bits per heavy atom. The highest BCUT2D eigenvalue weighted by Crippen LogP contribution is 2.23. The van der Waals surface area contributed by atoms with E-state index in [0.717, 1.165) is 63.1 Å². The summed E-state index contributed by atoms with van der Waals surface area (Å²) in [6, 6.07) is 8.43. The van der Waals surface area contributed by atoms with Crippen LogP contribution in [0.3, 0.4) is 0 Å². The number of aromatic nitrogens is 2. The van der Waals surface area contributed by atoms with Gasteiger partial charge in [0, 0.05) is 50.5 Å². The van der Waals surface area contributed by atoms with Crippen molar-refractivity contribution in [3.05, 3.63) is 36.2 Å². The molecule has 29 heavy (non-hydrogen) atoms. The molecule has 2 fully saturated rings. The molecule has 156 valence electrons. The summed E-state index contributed by atoms with van der Waals surface area (Å²) in [5.41, 5.74) is 8.22. The van der Waals surface area contributed by atoms with Crippen LogP contribution in [0.1, 0.15) is 31.2 Å². The van der Waals surface area contributed by atoms with Crippen molar-refractivity contribution >= 4 is 5.91 Å². The van der Waals surface area contributed by atoms with Gasteiger partial charge in [0.1, 0.15) is 0 Å². The Hall–Kier alpha value is -2.29. The van der Waals surface area contributed by atoms with Gasteiger partial charge in [-0.15, -0.1) is 0 Å². The Morgan fingerprint density at radius 2 is 1.93 bits per heavy atom. The minimum atomic E-state index is -0.0231. The SMILES string of the molecule is N[C@H]1CC[C@@H](C(=O)NCc2ccc(-c3ncon3)cc2)CN(C2CCOCC2)C1. The number of nitrogens with two attached hydrogens (primary N) is 1. The second-order valence-electron chi connectivity index (χ2n) is 8.00. The predicted molar refractivity (Wildman–Crippen MR) is 108 cm³/mol. The Labute approximate surface area is 170 Å². The number of likely N-dealkylation sites (tertiary alicyclic amines) is 1. The van der Waals surface area contributed by atoms with E-state index < -0.39 is 0 Å². The van der Waals surface area contributed by atoms with Crippen molar-refractivity contribution in [3.8, 4) is 11.4 Å². The van der Waals surface area contributed by atoms with Crippen LogP contribution in [0.2, 0.25) is 0 Å². The Bertz CT molecular complexity index is 774. The van der Waals surface area contributed by atoms with Gasteiger partial charge in [-0.05, 0) is 31.2 Å². The molecule has 2 atom stereocenters. The van der Waals surface area contributed by atoms with Crippen LogP contribution in [-0.4, -0.2) is 59.3 Å². The predicted octanol–water partition coefficient (Wildman–Crippen LogP) is 1.57. The van der Waals surface area contributed by atoms with E-state index >= 15 is 0 Å². The second kappa shape index (κ2) is 9.47. The van der Waals surface area contributed by atoms with Crippen molar-refractivity contribution in [2.24, 2.45) is 11.7 Å². The Balaban J connectivity index is 1.33.